The number of hydrogen-bond donors (Lipinski definition) is 3. The number of phenolic OH excluding ortho intramolecular Hbond substituents is 1. The number of fused-ring (bicyclic) bond motifs is 1. The number of halogens is 1. The van der Waals surface area contributed by atoms with Gasteiger partial charge in [-0.3, -0.25) is 4.79 Å². The van der Waals surface area contributed by atoms with Crippen LogP contribution >= 0.6 is 11.6 Å². The molecular weight excluding hydrogens is 556 g/mol. The first-order valence-electron chi connectivity index (χ1n) is 14.6. The Morgan fingerprint density at radius 3 is 2.45 bits per heavy atom. The molecule has 3 N–H and O–H groups in total. The number of phenols is 1. The minimum atomic E-state index is -0.966. The maximum Gasteiger partial charge on any atom is 0.257 e. The van der Waals surface area contributed by atoms with E-state index in [1.807, 2.05) is 48.5 Å². The Bertz CT molecular complexity index is 1420. The molecule has 3 aliphatic heterocycles. The van der Waals surface area contributed by atoms with Gasteiger partial charge in [0.1, 0.15) is 35.6 Å². The Labute approximate surface area is 251 Å². The first kappa shape index (κ1) is 28.8. The van der Waals surface area contributed by atoms with Crippen molar-refractivity contribution in [3.8, 4) is 17.2 Å². The normalized spacial score (nSPS) is 20.1. The summed E-state index contributed by atoms with van der Waals surface area (Å²) in [6.45, 7) is 2.79. The molecule has 0 aliphatic carbocycles. The van der Waals surface area contributed by atoms with Gasteiger partial charge < -0.3 is 34.6 Å². The van der Waals surface area contributed by atoms with E-state index in [0.717, 1.165) is 54.3 Å². The van der Waals surface area contributed by atoms with E-state index in [4.69, 9.17) is 21.1 Å². The fourth-order valence-electron chi connectivity index (χ4n) is 6.46. The van der Waals surface area contributed by atoms with E-state index in [1.54, 1.807) is 11.0 Å². The third-order valence-corrected chi connectivity index (χ3v) is 9.15. The van der Waals surface area contributed by atoms with Gasteiger partial charge in [0.05, 0.1) is 11.2 Å². The highest BCUT2D eigenvalue weighted by atomic mass is 35.5. The molecule has 0 radical (unpaired) electrons. The molecule has 0 bridgehead atoms. The van der Waals surface area contributed by atoms with E-state index in [9.17, 15) is 20.1 Å². The highest BCUT2D eigenvalue weighted by Gasteiger charge is 2.42. The van der Waals surface area contributed by atoms with Crippen molar-refractivity contribution in [2.45, 2.75) is 49.4 Å². The van der Waals surface area contributed by atoms with Gasteiger partial charge in [-0.2, -0.15) is 0 Å². The van der Waals surface area contributed by atoms with Crippen LogP contribution in [0.2, 0.25) is 5.02 Å². The van der Waals surface area contributed by atoms with E-state index in [2.05, 4.69) is 4.90 Å². The molecule has 2 fully saturated rings. The molecule has 8 nitrogen and oxygen atoms in total. The molecule has 0 unspecified atom stereocenters. The van der Waals surface area contributed by atoms with Crippen LogP contribution in [0.25, 0.3) is 0 Å². The lowest BCUT2D eigenvalue weighted by Crippen LogP contribution is -2.49. The van der Waals surface area contributed by atoms with Crippen LogP contribution in [0.4, 0.5) is 0 Å². The Kier molecular flexibility index (Phi) is 8.07. The molecule has 1 amide bonds. The van der Waals surface area contributed by atoms with Crippen molar-refractivity contribution in [2.75, 3.05) is 39.3 Å². The highest BCUT2D eigenvalue weighted by Crippen LogP contribution is 2.42. The monoisotopic (exact) mass is 592 g/mol. The summed E-state index contributed by atoms with van der Waals surface area (Å²) in [5.74, 6) is 0.897. The number of aliphatic hydroxyl groups excluding tert-OH is 1. The number of aromatic hydroxyl groups is 1. The quantitative estimate of drug-likeness (QED) is 0.374. The summed E-state index contributed by atoms with van der Waals surface area (Å²) >= 11 is 6.16. The molecule has 222 valence electrons. The summed E-state index contributed by atoms with van der Waals surface area (Å²) in [6, 6.07) is 19.7. The Morgan fingerprint density at radius 1 is 0.976 bits per heavy atom. The van der Waals surface area contributed by atoms with Gasteiger partial charge in [0.2, 0.25) is 0 Å². The zero-order valence-electron chi connectivity index (χ0n) is 23.5. The lowest BCUT2D eigenvalue weighted by molar-refractivity contribution is -0.0212. The van der Waals surface area contributed by atoms with Crippen molar-refractivity contribution in [3.63, 3.8) is 0 Å². The lowest BCUT2D eigenvalue weighted by atomic mass is 9.84. The van der Waals surface area contributed by atoms with Crippen LogP contribution in [0.3, 0.4) is 0 Å². The number of nitrogens with zero attached hydrogens (tertiary/aromatic N) is 2. The molecule has 3 aromatic rings. The summed E-state index contributed by atoms with van der Waals surface area (Å²) in [5.41, 5.74) is 1.15. The first-order valence-corrected chi connectivity index (χ1v) is 15.0. The molecule has 9 heteroatoms. The van der Waals surface area contributed by atoms with Crippen LogP contribution < -0.4 is 9.47 Å². The second-order valence-corrected chi connectivity index (χ2v) is 12.3. The van der Waals surface area contributed by atoms with Gasteiger partial charge in [0.15, 0.2) is 0 Å². The van der Waals surface area contributed by atoms with Crippen molar-refractivity contribution in [1.29, 1.82) is 0 Å². The average Bonchev–Trinajstić information content (AvgIpc) is 3.35. The van der Waals surface area contributed by atoms with Crippen molar-refractivity contribution < 1.29 is 29.6 Å². The number of β-amino-alcohol motifs (C(OH)–C–C–N with tert-alkyl or cyclic N) is 1. The number of amides is 1. The number of rotatable bonds is 7. The minimum Gasteiger partial charge on any atom is -0.508 e. The maximum atomic E-state index is 13.5. The van der Waals surface area contributed by atoms with Crippen molar-refractivity contribution in [2.24, 2.45) is 0 Å². The van der Waals surface area contributed by atoms with E-state index in [0.29, 0.717) is 38.0 Å². The zero-order chi connectivity index (χ0) is 29.3. The Balaban J connectivity index is 1.02. The van der Waals surface area contributed by atoms with Gasteiger partial charge in [0.25, 0.3) is 5.91 Å². The third-order valence-electron chi connectivity index (χ3n) is 8.91. The van der Waals surface area contributed by atoms with Crippen LogP contribution in [0, 0.1) is 0 Å². The molecule has 6 rings (SSSR count). The molecule has 1 spiro atoms. The number of piperidine rings is 2. The van der Waals surface area contributed by atoms with Gasteiger partial charge >= 0.3 is 0 Å². The molecule has 1 atom stereocenters. The Morgan fingerprint density at radius 2 is 1.71 bits per heavy atom. The molecule has 42 heavy (non-hydrogen) atoms. The molecular formula is C33H37ClN2O6. The molecule has 3 aliphatic rings. The maximum absolute atomic E-state index is 13.5. The van der Waals surface area contributed by atoms with E-state index >= 15 is 0 Å². The topological polar surface area (TPSA) is 103 Å². The number of hydrogen-bond acceptors (Lipinski definition) is 7. The summed E-state index contributed by atoms with van der Waals surface area (Å²) < 4.78 is 12.3. The van der Waals surface area contributed by atoms with Crippen LogP contribution in [0.15, 0.2) is 66.7 Å². The Hall–Kier alpha value is -3.30. The molecule has 0 saturated carbocycles. The second kappa shape index (κ2) is 11.8. The average molecular weight is 593 g/mol. The number of carbonyl (C=O) groups excluding carboxylic acids is 1. The summed E-state index contributed by atoms with van der Waals surface area (Å²) in [7, 11) is 0. The summed E-state index contributed by atoms with van der Waals surface area (Å²) in [6.07, 6.45) is 2.63. The van der Waals surface area contributed by atoms with Gasteiger partial charge in [-0.1, -0.05) is 41.9 Å². The van der Waals surface area contributed by atoms with Crippen molar-refractivity contribution in [1.82, 2.24) is 9.80 Å². The molecule has 0 aromatic heterocycles. The molecule has 3 heterocycles. The third kappa shape index (κ3) is 6.08. The second-order valence-electron chi connectivity index (χ2n) is 11.8. The fraction of sp³-hybridized carbons (Fsp3) is 0.424. The summed E-state index contributed by atoms with van der Waals surface area (Å²) in [5, 5.41) is 32.8. The van der Waals surface area contributed by atoms with Crippen LogP contribution in [0.5, 0.6) is 17.2 Å². The number of likely N-dealkylation sites (tertiary alicyclic amines) is 2. The lowest BCUT2D eigenvalue weighted by Gasteiger charge is -2.39. The minimum absolute atomic E-state index is 0.0143. The molecule has 2 saturated heterocycles. The van der Waals surface area contributed by atoms with Gasteiger partial charge in [-0.15, -0.1) is 0 Å². The van der Waals surface area contributed by atoms with E-state index in [1.165, 1.54) is 12.1 Å². The van der Waals surface area contributed by atoms with Crippen LogP contribution in [0.1, 0.15) is 47.2 Å². The standard InChI is InChI=1S/C33H37ClN2O6/c34-25-6-9-29-23(18-25)20-32(42-29)10-14-35(15-11-32)21-27(38)22-41-30-19-26(37)7-8-28(30)31(39)36-16-12-33(40,13-17-36)24-4-2-1-3-5-24/h1-9,18-19,27,37-38,40H,10-17,20-22H2/t27-/m0/s1. The number of ether oxygens (including phenoxy) is 2. The first-order chi connectivity index (χ1) is 20.2. The van der Waals surface area contributed by atoms with E-state index in [-0.39, 0.29) is 29.6 Å². The molecule has 3 aromatic carbocycles. The van der Waals surface area contributed by atoms with Gasteiger partial charge in [-0.05, 0) is 54.3 Å². The van der Waals surface area contributed by atoms with Crippen LogP contribution in [-0.2, 0) is 12.0 Å². The number of aliphatic hydroxyl groups is 2. The smallest absolute Gasteiger partial charge is 0.257 e. The highest BCUT2D eigenvalue weighted by molar-refractivity contribution is 6.30. The predicted octanol–water partition coefficient (Wildman–Crippen LogP) is 4.38. The van der Waals surface area contributed by atoms with Crippen molar-refractivity contribution in [3.05, 3.63) is 88.4 Å². The largest absolute Gasteiger partial charge is 0.508 e. The van der Waals surface area contributed by atoms with Crippen molar-refractivity contribution >= 4 is 17.5 Å². The predicted molar refractivity (Wildman–Crippen MR) is 159 cm³/mol. The SMILES string of the molecule is O=C(c1ccc(O)cc1OC[C@@H](O)CN1CCC2(CC1)Cc1cc(Cl)ccc1O2)N1CCC(O)(c2ccccc2)CC1. The summed E-state index contributed by atoms with van der Waals surface area (Å²) in [4.78, 5) is 17.4. The number of benzene rings is 3. The van der Waals surface area contributed by atoms with Crippen LogP contribution in [-0.4, -0.2) is 82.1 Å². The zero-order valence-corrected chi connectivity index (χ0v) is 24.3. The van der Waals surface area contributed by atoms with E-state index < -0.39 is 11.7 Å². The number of carbonyl (C=O) groups is 1. The van der Waals surface area contributed by atoms with Gasteiger partial charge in [-0.25, -0.2) is 0 Å². The van der Waals surface area contributed by atoms with Gasteiger partial charge in [0, 0.05) is 63.1 Å². The fourth-order valence-corrected chi connectivity index (χ4v) is 6.65.